The highest BCUT2D eigenvalue weighted by Gasteiger charge is 2.21. The van der Waals surface area contributed by atoms with Gasteiger partial charge in [0.2, 0.25) is 0 Å². The van der Waals surface area contributed by atoms with Crippen LogP contribution in [0.5, 0.6) is 0 Å². The Bertz CT molecular complexity index is 274. The maximum absolute atomic E-state index is 5.93. The third-order valence-electron chi connectivity index (χ3n) is 3.36. The zero-order valence-corrected chi connectivity index (χ0v) is 10.2. The second kappa shape index (κ2) is 5.10. The van der Waals surface area contributed by atoms with E-state index < -0.39 is 0 Å². The number of thiophene rings is 1. The van der Waals surface area contributed by atoms with Gasteiger partial charge in [-0.3, -0.25) is 4.90 Å². The fourth-order valence-corrected chi connectivity index (χ4v) is 2.94. The van der Waals surface area contributed by atoms with Gasteiger partial charge in [0.05, 0.1) is 0 Å². The highest BCUT2D eigenvalue weighted by atomic mass is 32.1. The summed E-state index contributed by atoms with van der Waals surface area (Å²) in [4.78, 5) is 2.54. The number of nitrogens with two attached hydrogens (primary N) is 1. The summed E-state index contributed by atoms with van der Waals surface area (Å²) in [5.41, 5.74) is 7.39. The van der Waals surface area contributed by atoms with E-state index in [1.807, 2.05) is 0 Å². The van der Waals surface area contributed by atoms with E-state index in [2.05, 4.69) is 28.7 Å². The van der Waals surface area contributed by atoms with E-state index in [1.165, 1.54) is 31.5 Å². The second-order valence-corrected chi connectivity index (χ2v) is 5.38. The summed E-state index contributed by atoms with van der Waals surface area (Å²) in [5.74, 6) is 0.740. The molecule has 1 atom stereocenters. The smallest absolute Gasteiger partial charge is 0.0241 e. The van der Waals surface area contributed by atoms with E-state index in [0.29, 0.717) is 6.04 Å². The van der Waals surface area contributed by atoms with E-state index in [-0.39, 0.29) is 0 Å². The molecule has 1 saturated heterocycles. The van der Waals surface area contributed by atoms with Crippen molar-refractivity contribution in [3.63, 3.8) is 0 Å². The van der Waals surface area contributed by atoms with Gasteiger partial charge in [0, 0.05) is 12.6 Å². The first-order valence-corrected chi connectivity index (χ1v) is 6.69. The summed E-state index contributed by atoms with van der Waals surface area (Å²) in [6.45, 7) is 5.68. The predicted molar refractivity (Wildman–Crippen MR) is 66.0 cm³/mol. The molecule has 2 nitrogen and oxygen atoms in total. The van der Waals surface area contributed by atoms with Crippen LogP contribution in [-0.4, -0.2) is 24.0 Å². The molecule has 1 aliphatic heterocycles. The van der Waals surface area contributed by atoms with Crippen LogP contribution in [0.1, 0.15) is 25.3 Å². The largest absolute Gasteiger partial charge is 0.328 e. The molecule has 2 N–H and O–H groups in total. The van der Waals surface area contributed by atoms with E-state index in [1.54, 1.807) is 11.3 Å². The molecule has 1 aromatic rings. The lowest BCUT2D eigenvalue weighted by Gasteiger charge is -2.33. The van der Waals surface area contributed by atoms with E-state index in [0.717, 1.165) is 12.5 Å². The van der Waals surface area contributed by atoms with Crippen LogP contribution in [0.4, 0.5) is 0 Å². The van der Waals surface area contributed by atoms with Gasteiger partial charge in [-0.05, 0) is 61.2 Å². The van der Waals surface area contributed by atoms with Crippen LogP contribution in [0, 0.1) is 5.92 Å². The minimum atomic E-state index is 0.369. The number of piperidine rings is 1. The molecular formula is C12H20N2S. The standard InChI is InChI=1S/C12H20N2S/c1-10(13)12-2-5-14(6-3-12)8-11-4-7-15-9-11/h4,7,9-10,12H,2-3,5-6,8,13H2,1H3. The third kappa shape index (κ3) is 3.03. The van der Waals surface area contributed by atoms with Gasteiger partial charge >= 0.3 is 0 Å². The maximum Gasteiger partial charge on any atom is 0.0241 e. The Morgan fingerprint density at radius 3 is 2.80 bits per heavy atom. The Morgan fingerprint density at radius 2 is 2.27 bits per heavy atom. The molecular weight excluding hydrogens is 204 g/mol. The highest BCUT2D eigenvalue weighted by Crippen LogP contribution is 2.21. The summed E-state index contributed by atoms with van der Waals surface area (Å²) >= 11 is 1.79. The lowest BCUT2D eigenvalue weighted by molar-refractivity contribution is 0.166. The quantitative estimate of drug-likeness (QED) is 0.853. The van der Waals surface area contributed by atoms with Gasteiger partial charge in [-0.1, -0.05) is 0 Å². The first-order valence-electron chi connectivity index (χ1n) is 5.74. The van der Waals surface area contributed by atoms with Crippen molar-refractivity contribution in [3.8, 4) is 0 Å². The molecule has 0 aliphatic carbocycles. The van der Waals surface area contributed by atoms with Crippen molar-refractivity contribution < 1.29 is 0 Å². The van der Waals surface area contributed by atoms with Gasteiger partial charge < -0.3 is 5.73 Å². The molecule has 15 heavy (non-hydrogen) atoms. The SMILES string of the molecule is CC(N)C1CCN(Cc2ccsc2)CC1. The van der Waals surface area contributed by atoms with Gasteiger partial charge in [-0.2, -0.15) is 11.3 Å². The molecule has 1 fully saturated rings. The van der Waals surface area contributed by atoms with E-state index in [4.69, 9.17) is 5.73 Å². The van der Waals surface area contributed by atoms with Gasteiger partial charge in [0.1, 0.15) is 0 Å². The predicted octanol–water partition coefficient (Wildman–Crippen LogP) is 2.31. The van der Waals surface area contributed by atoms with Crippen LogP contribution in [0.3, 0.4) is 0 Å². The molecule has 1 unspecified atom stereocenters. The van der Waals surface area contributed by atoms with Crippen LogP contribution in [0.2, 0.25) is 0 Å². The minimum Gasteiger partial charge on any atom is -0.328 e. The van der Waals surface area contributed by atoms with Crippen LogP contribution in [0.25, 0.3) is 0 Å². The Hall–Kier alpha value is -0.380. The van der Waals surface area contributed by atoms with Crippen LogP contribution < -0.4 is 5.73 Å². The summed E-state index contributed by atoms with van der Waals surface area (Å²) in [5, 5.41) is 4.40. The summed E-state index contributed by atoms with van der Waals surface area (Å²) in [6.07, 6.45) is 2.53. The van der Waals surface area contributed by atoms with E-state index >= 15 is 0 Å². The molecule has 2 heterocycles. The molecule has 0 amide bonds. The second-order valence-electron chi connectivity index (χ2n) is 4.60. The number of nitrogens with zero attached hydrogens (tertiary/aromatic N) is 1. The molecule has 84 valence electrons. The molecule has 0 aromatic carbocycles. The summed E-state index contributed by atoms with van der Waals surface area (Å²) in [6, 6.07) is 2.59. The molecule has 0 spiro atoms. The third-order valence-corrected chi connectivity index (χ3v) is 4.09. The number of likely N-dealkylation sites (tertiary alicyclic amines) is 1. The van der Waals surface area contributed by atoms with Gasteiger partial charge in [0.15, 0.2) is 0 Å². The molecule has 3 heteroatoms. The van der Waals surface area contributed by atoms with Crippen LogP contribution >= 0.6 is 11.3 Å². The van der Waals surface area contributed by atoms with E-state index in [9.17, 15) is 0 Å². The lowest BCUT2D eigenvalue weighted by Crippen LogP contribution is -2.39. The normalized spacial score (nSPS) is 21.7. The van der Waals surface area contributed by atoms with Crippen molar-refractivity contribution in [2.75, 3.05) is 13.1 Å². The number of rotatable bonds is 3. The molecule has 1 aliphatic rings. The molecule has 2 rings (SSSR count). The first-order chi connectivity index (χ1) is 7.25. The number of hydrogen-bond acceptors (Lipinski definition) is 3. The molecule has 0 radical (unpaired) electrons. The average molecular weight is 224 g/mol. The molecule has 1 aromatic heterocycles. The first kappa shape index (κ1) is 11.1. The Morgan fingerprint density at radius 1 is 1.53 bits per heavy atom. The fraction of sp³-hybridized carbons (Fsp3) is 0.667. The molecule has 0 bridgehead atoms. The maximum atomic E-state index is 5.93. The van der Waals surface area contributed by atoms with Crippen molar-refractivity contribution in [3.05, 3.63) is 22.4 Å². The number of hydrogen-bond donors (Lipinski definition) is 1. The van der Waals surface area contributed by atoms with Crippen molar-refractivity contribution in [2.45, 2.75) is 32.4 Å². The summed E-state index contributed by atoms with van der Waals surface area (Å²) < 4.78 is 0. The van der Waals surface area contributed by atoms with Gasteiger partial charge in [-0.25, -0.2) is 0 Å². The van der Waals surface area contributed by atoms with Crippen molar-refractivity contribution in [1.82, 2.24) is 4.90 Å². The van der Waals surface area contributed by atoms with Crippen LogP contribution in [-0.2, 0) is 6.54 Å². The lowest BCUT2D eigenvalue weighted by atomic mass is 9.91. The van der Waals surface area contributed by atoms with Crippen molar-refractivity contribution in [1.29, 1.82) is 0 Å². The zero-order valence-electron chi connectivity index (χ0n) is 9.36. The monoisotopic (exact) mass is 224 g/mol. The minimum absolute atomic E-state index is 0.369. The van der Waals surface area contributed by atoms with Gasteiger partial charge in [-0.15, -0.1) is 0 Å². The van der Waals surface area contributed by atoms with Crippen molar-refractivity contribution >= 4 is 11.3 Å². The topological polar surface area (TPSA) is 29.3 Å². The molecule has 0 saturated carbocycles. The van der Waals surface area contributed by atoms with Crippen LogP contribution in [0.15, 0.2) is 16.8 Å². The Kier molecular flexibility index (Phi) is 3.78. The van der Waals surface area contributed by atoms with Crippen molar-refractivity contribution in [2.24, 2.45) is 11.7 Å². The zero-order chi connectivity index (χ0) is 10.7. The Labute approximate surface area is 96.1 Å². The fourth-order valence-electron chi connectivity index (χ4n) is 2.28. The van der Waals surface area contributed by atoms with Gasteiger partial charge in [0.25, 0.3) is 0 Å². The summed E-state index contributed by atoms with van der Waals surface area (Å²) in [7, 11) is 0. The average Bonchev–Trinajstić information content (AvgIpc) is 2.71. The highest BCUT2D eigenvalue weighted by molar-refractivity contribution is 7.07. The Balaban J connectivity index is 1.79.